The number of benzene rings is 2. The van der Waals surface area contributed by atoms with E-state index in [-0.39, 0.29) is 10.6 Å². The van der Waals surface area contributed by atoms with Crippen molar-refractivity contribution in [3.05, 3.63) is 75.8 Å². The van der Waals surface area contributed by atoms with Crippen molar-refractivity contribution in [2.45, 2.75) is 6.54 Å². The first kappa shape index (κ1) is 16.1. The summed E-state index contributed by atoms with van der Waals surface area (Å²) in [6.45, 7) is 4.60. The SMILES string of the molecule is O=[N+]([O-])c1cccc(/C=N\N2CCN(Cc3ccccc3)CC2)c1. The van der Waals surface area contributed by atoms with E-state index in [9.17, 15) is 10.1 Å². The molecule has 1 saturated heterocycles. The highest BCUT2D eigenvalue weighted by Gasteiger charge is 2.15. The van der Waals surface area contributed by atoms with E-state index in [1.807, 2.05) is 17.1 Å². The molecule has 2 aromatic rings. The van der Waals surface area contributed by atoms with Crippen LogP contribution in [0.1, 0.15) is 11.1 Å². The largest absolute Gasteiger partial charge is 0.295 e. The molecule has 0 spiro atoms. The van der Waals surface area contributed by atoms with Crippen molar-refractivity contribution in [1.82, 2.24) is 9.91 Å². The summed E-state index contributed by atoms with van der Waals surface area (Å²) in [6.07, 6.45) is 1.69. The van der Waals surface area contributed by atoms with Crippen LogP contribution >= 0.6 is 0 Å². The molecule has 1 aliphatic rings. The lowest BCUT2D eigenvalue weighted by Crippen LogP contribution is -2.43. The highest BCUT2D eigenvalue weighted by molar-refractivity contribution is 5.80. The number of hydrazone groups is 1. The topological polar surface area (TPSA) is 62.0 Å². The molecule has 1 fully saturated rings. The maximum Gasteiger partial charge on any atom is 0.270 e. The Morgan fingerprint density at radius 3 is 2.50 bits per heavy atom. The second-order valence-corrected chi connectivity index (χ2v) is 5.81. The Morgan fingerprint density at radius 2 is 1.79 bits per heavy atom. The summed E-state index contributed by atoms with van der Waals surface area (Å²) in [6, 6.07) is 17.0. The summed E-state index contributed by atoms with van der Waals surface area (Å²) >= 11 is 0. The van der Waals surface area contributed by atoms with E-state index in [2.05, 4.69) is 34.3 Å². The molecular weight excluding hydrogens is 304 g/mol. The van der Waals surface area contributed by atoms with E-state index in [1.54, 1.807) is 12.3 Å². The number of hydrogen-bond acceptors (Lipinski definition) is 5. The van der Waals surface area contributed by atoms with E-state index in [1.165, 1.54) is 17.7 Å². The van der Waals surface area contributed by atoms with Gasteiger partial charge in [-0.1, -0.05) is 42.5 Å². The fraction of sp³-hybridized carbons (Fsp3) is 0.278. The monoisotopic (exact) mass is 324 g/mol. The first-order valence-electron chi connectivity index (χ1n) is 8.00. The summed E-state index contributed by atoms with van der Waals surface area (Å²) in [7, 11) is 0. The van der Waals surface area contributed by atoms with Crippen LogP contribution in [0.3, 0.4) is 0 Å². The average molecular weight is 324 g/mol. The van der Waals surface area contributed by atoms with Crippen LogP contribution in [0.15, 0.2) is 59.7 Å². The molecule has 0 unspecified atom stereocenters. The molecule has 0 saturated carbocycles. The lowest BCUT2D eigenvalue weighted by atomic mass is 10.2. The van der Waals surface area contributed by atoms with Gasteiger partial charge in [0.05, 0.1) is 11.1 Å². The number of nitro benzene ring substituents is 1. The molecule has 2 aromatic carbocycles. The molecule has 0 radical (unpaired) electrons. The summed E-state index contributed by atoms with van der Waals surface area (Å²) < 4.78 is 0. The lowest BCUT2D eigenvalue weighted by Gasteiger charge is -2.33. The Labute approximate surface area is 141 Å². The zero-order chi connectivity index (χ0) is 16.8. The molecule has 0 aromatic heterocycles. The molecule has 3 rings (SSSR count). The number of non-ortho nitro benzene ring substituents is 1. The Kier molecular flexibility index (Phi) is 5.18. The number of rotatable bonds is 5. The Balaban J connectivity index is 1.52. The van der Waals surface area contributed by atoms with Crippen molar-refractivity contribution in [1.29, 1.82) is 0 Å². The summed E-state index contributed by atoms with van der Waals surface area (Å²) in [5.74, 6) is 0. The van der Waals surface area contributed by atoms with Crippen molar-refractivity contribution >= 4 is 11.9 Å². The molecule has 0 bridgehead atoms. The fourth-order valence-corrected chi connectivity index (χ4v) is 2.72. The standard InChI is InChI=1S/C18H20N4O2/c23-22(24)18-8-4-7-17(13-18)14-19-21-11-9-20(10-12-21)15-16-5-2-1-3-6-16/h1-8,13-14H,9-12,15H2/b19-14-. The van der Waals surface area contributed by atoms with Gasteiger partial charge < -0.3 is 0 Å². The first-order chi connectivity index (χ1) is 11.7. The van der Waals surface area contributed by atoms with Crippen LogP contribution in [0, 0.1) is 10.1 Å². The fourth-order valence-electron chi connectivity index (χ4n) is 2.72. The van der Waals surface area contributed by atoms with Gasteiger partial charge in [-0.2, -0.15) is 5.10 Å². The third-order valence-electron chi connectivity index (χ3n) is 4.05. The minimum Gasteiger partial charge on any atom is -0.295 e. The van der Waals surface area contributed by atoms with Crippen LogP contribution in [-0.4, -0.2) is 47.2 Å². The predicted molar refractivity (Wildman–Crippen MR) is 94.0 cm³/mol. The molecule has 6 nitrogen and oxygen atoms in total. The van der Waals surface area contributed by atoms with Gasteiger partial charge in [0.15, 0.2) is 0 Å². The molecule has 24 heavy (non-hydrogen) atoms. The number of hydrogen-bond donors (Lipinski definition) is 0. The minimum absolute atomic E-state index is 0.0895. The first-order valence-corrected chi connectivity index (χ1v) is 8.00. The molecule has 6 heteroatoms. The zero-order valence-corrected chi connectivity index (χ0v) is 13.4. The van der Waals surface area contributed by atoms with Crippen LogP contribution in [0.4, 0.5) is 5.69 Å². The third-order valence-corrected chi connectivity index (χ3v) is 4.05. The van der Waals surface area contributed by atoms with E-state index in [4.69, 9.17) is 0 Å². The van der Waals surface area contributed by atoms with Crippen LogP contribution in [0.2, 0.25) is 0 Å². The van der Waals surface area contributed by atoms with Gasteiger partial charge in [0.2, 0.25) is 0 Å². The van der Waals surface area contributed by atoms with Gasteiger partial charge >= 0.3 is 0 Å². The highest BCUT2D eigenvalue weighted by atomic mass is 16.6. The average Bonchev–Trinajstić information content (AvgIpc) is 2.62. The molecule has 0 aliphatic carbocycles. The Morgan fingerprint density at radius 1 is 1.04 bits per heavy atom. The quantitative estimate of drug-likeness (QED) is 0.482. The van der Waals surface area contributed by atoms with Crippen LogP contribution < -0.4 is 0 Å². The zero-order valence-electron chi connectivity index (χ0n) is 13.4. The highest BCUT2D eigenvalue weighted by Crippen LogP contribution is 2.12. The van der Waals surface area contributed by atoms with Gasteiger partial charge in [0.25, 0.3) is 5.69 Å². The predicted octanol–water partition coefficient (Wildman–Crippen LogP) is 2.75. The van der Waals surface area contributed by atoms with Crippen molar-refractivity contribution in [2.75, 3.05) is 26.2 Å². The molecule has 1 aliphatic heterocycles. The van der Waals surface area contributed by atoms with Crippen LogP contribution in [0.5, 0.6) is 0 Å². The van der Waals surface area contributed by atoms with E-state index >= 15 is 0 Å². The normalized spacial score (nSPS) is 15.8. The molecule has 1 heterocycles. The molecule has 0 N–H and O–H groups in total. The summed E-state index contributed by atoms with van der Waals surface area (Å²) in [4.78, 5) is 12.8. The third kappa shape index (κ3) is 4.39. The van der Waals surface area contributed by atoms with Crippen molar-refractivity contribution in [3.8, 4) is 0 Å². The van der Waals surface area contributed by atoms with E-state index < -0.39 is 0 Å². The lowest BCUT2D eigenvalue weighted by molar-refractivity contribution is -0.384. The maximum atomic E-state index is 10.8. The van der Waals surface area contributed by atoms with Crippen LogP contribution in [-0.2, 0) is 6.54 Å². The molecule has 0 atom stereocenters. The van der Waals surface area contributed by atoms with Gasteiger partial charge in [-0.15, -0.1) is 0 Å². The minimum atomic E-state index is -0.389. The van der Waals surface area contributed by atoms with E-state index in [0.29, 0.717) is 0 Å². The van der Waals surface area contributed by atoms with Gasteiger partial charge in [0.1, 0.15) is 0 Å². The van der Waals surface area contributed by atoms with Gasteiger partial charge in [-0.05, 0) is 5.56 Å². The summed E-state index contributed by atoms with van der Waals surface area (Å²) in [5.41, 5.74) is 2.16. The summed E-state index contributed by atoms with van der Waals surface area (Å²) in [5, 5.41) is 17.3. The van der Waals surface area contributed by atoms with Crippen molar-refractivity contribution in [3.63, 3.8) is 0 Å². The maximum absolute atomic E-state index is 10.8. The second kappa shape index (κ2) is 7.70. The van der Waals surface area contributed by atoms with Gasteiger partial charge in [0, 0.05) is 50.4 Å². The number of piperazine rings is 1. The molecule has 0 amide bonds. The van der Waals surface area contributed by atoms with Gasteiger partial charge in [-0.3, -0.25) is 20.0 Å². The Bertz CT molecular complexity index is 710. The van der Waals surface area contributed by atoms with E-state index in [0.717, 1.165) is 38.3 Å². The molecular formula is C18H20N4O2. The molecule has 124 valence electrons. The van der Waals surface area contributed by atoms with Gasteiger partial charge in [-0.25, -0.2) is 0 Å². The van der Waals surface area contributed by atoms with Crippen molar-refractivity contribution in [2.24, 2.45) is 5.10 Å². The van der Waals surface area contributed by atoms with Crippen molar-refractivity contribution < 1.29 is 4.92 Å². The number of nitrogens with zero attached hydrogens (tertiary/aromatic N) is 4. The Hall–Kier alpha value is -2.73. The second-order valence-electron chi connectivity index (χ2n) is 5.81. The van der Waals surface area contributed by atoms with Crippen LogP contribution in [0.25, 0.3) is 0 Å². The number of nitro groups is 1. The smallest absolute Gasteiger partial charge is 0.270 e.